The summed E-state index contributed by atoms with van der Waals surface area (Å²) >= 11 is 0. The van der Waals surface area contributed by atoms with Gasteiger partial charge in [-0.3, -0.25) is 0 Å². The average Bonchev–Trinajstić information content (AvgIpc) is 3.64. The zero-order valence-electron chi connectivity index (χ0n) is 24.5. The zero-order chi connectivity index (χ0) is 29.7. The largest absolute Gasteiger partial charge is 0.456 e. The van der Waals surface area contributed by atoms with Crippen LogP contribution >= 0.6 is 0 Å². The second-order valence-corrected chi connectivity index (χ2v) is 11.4. The van der Waals surface area contributed by atoms with E-state index in [1.54, 1.807) is 0 Å². The van der Waals surface area contributed by atoms with Gasteiger partial charge in [0.05, 0.1) is 11.0 Å². The number of furan rings is 1. The van der Waals surface area contributed by atoms with Gasteiger partial charge in [0.1, 0.15) is 11.2 Å². The summed E-state index contributed by atoms with van der Waals surface area (Å²) in [4.78, 5) is 2.31. The number of nitrogens with zero attached hydrogens (tertiary/aromatic N) is 2. The van der Waals surface area contributed by atoms with Crippen LogP contribution in [-0.4, -0.2) is 4.57 Å². The Balaban J connectivity index is 1.17. The Morgan fingerprint density at radius 1 is 0.378 bits per heavy atom. The number of aromatic nitrogens is 1. The normalized spacial score (nSPS) is 11.6. The van der Waals surface area contributed by atoms with Crippen LogP contribution in [0.15, 0.2) is 174 Å². The minimum Gasteiger partial charge on any atom is -0.456 e. The molecule has 0 unspecified atom stereocenters. The quantitative estimate of drug-likeness (QED) is 0.203. The van der Waals surface area contributed by atoms with Crippen molar-refractivity contribution in [3.8, 4) is 16.8 Å². The van der Waals surface area contributed by atoms with E-state index in [-0.39, 0.29) is 0 Å². The van der Waals surface area contributed by atoms with Crippen molar-refractivity contribution in [3.63, 3.8) is 0 Å². The third-order valence-corrected chi connectivity index (χ3v) is 8.78. The molecule has 0 radical (unpaired) electrons. The highest BCUT2D eigenvalue weighted by molar-refractivity contribution is 6.17. The molecule has 0 saturated carbocycles. The van der Waals surface area contributed by atoms with Crippen LogP contribution in [0.3, 0.4) is 0 Å². The Bertz CT molecular complexity index is 2450. The fourth-order valence-electron chi connectivity index (χ4n) is 6.67. The minimum absolute atomic E-state index is 0.901. The van der Waals surface area contributed by atoms with Gasteiger partial charge in [0.25, 0.3) is 0 Å². The Labute approximate surface area is 260 Å². The van der Waals surface area contributed by atoms with Crippen LogP contribution in [0.4, 0.5) is 17.1 Å². The van der Waals surface area contributed by atoms with Gasteiger partial charge in [-0.15, -0.1) is 0 Å². The molecule has 0 aliphatic heterocycles. The molecule has 0 amide bonds. The molecule has 0 bridgehead atoms. The Kier molecular flexibility index (Phi) is 5.82. The lowest BCUT2D eigenvalue weighted by atomic mass is 10.0. The predicted molar refractivity (Wildman–Crippen MR) is 188 cm³/mol. The highest BCUT2D eigenvalue weighted by atomic mass is 16.3. The smallest absolute Gasteiger partial charge is 0.137 e. The van der Waals surface area contributed by atoms with E-state index in [9.17, 15) is 0 Å². The summed E-state index contributed by atoms with van der Waals surface area (Å²) in [6.07, 6.45) is 0. The van der Waals surface area contributed by atoms with E-state index < -0.39 is 0 Å². The number of rotatable bonds is 5. The molecule has 212 valence electrons. The van der Waals surface area contributed by atoms with Crippen molar-refractivity contribution in [1.82, 2.24) is 4.57 Å². The van der Waals surface area contributed by atoms with Crippen molar-refractivity contribution in [2.24, 2.45) is 0 Å². The third-order valence-electron chi connectivity index (χ3n) is 8.78. The molecule has 0 fully saturated rings. The number of fused-ring (bicyclic) bond motifs is 6. The molecule has 45 heavy (non-hydrogen) atoms. The van der Waals surface area contributed by atoms with Crippen LogP contribution in [-0.2, 0) is 0 Å². The second kappa shape index (κ2) is 10.3. The first-order valence-electron chi connectivity index (χ1n) is 15.3. The van der Waals surface area contributed by atoms with E-state index in [1.807, 2.05) is 12.1 Å². The second-order valence-electron chi connectivity index (χ2n) is 11.4. The maximum absolute atomic E-state index is 6.31. The monoisotopic (exact) mass is 576 g/mol. The minimum atomic E-state index is 0.901. The van der Waals surface area contributed by atoms with Gasteiger partial charge >= 0.3 is 0 Å². The van der Waals surface area contributed by atoms with Crippen molar-refractivity contribution >= 4 is 60.8 Å². The Morgan fingerprint density at radius 3 is 1.71 bits per heavy atom. The molecule has 0 aliphatic carbocycles. The number of para-hydroxylation sites is 3. The van der Waals surface area contributed by atoms with Gasteiger partial charge in [-0.1, -0.05) is 97.1 Å². The number of hydrogen-bond acceptors (Lipinski definition) is 2. The van der Waals surface area contributed by atoms with Crippen LogP contribution < -0.4 is 4.90 Å². The fourth-order valence-corrected chi connectivity index (χ4v) is 6.67. The van der Waals surface area contributed by atoms with E-state index in [2.05, 4.69) is 167 Å². The SMILES string of the molecule is c1ccc(-c2ccc(N(c3ccccc3)c3ccc(-n4c5ccccc5c5cc6c(cc54)oc4ccccc46)cc3)cc2)cc1. The van der Waals surface area contributed by atoms with Gasteiger partial charge in [-0.25, -0.2) is 0 Å². The van der Waals surface area contributed by atoms with E-state index >= 15 is 0 Å². The van der Waals surface area contributed by atoms with Gasteiger partial charge in [0.2, 0.25) is 0 Å². The summed E-state index contributed by atoms with van der Waals surface area (Å²) in [5.74, 6) is 0. The third kappa shape index (κ3) is 4.21. The molecule has 0 saturated heterocycles. The van der Waals surface area contributed by atoms with Crippen molar-refractivity contribution in [1.29, 1.82) is 0 Å². The topological polar surface area (TPSA) is 21.3 Å². The highest BCUT2D eigenvalue weighted by Crippen LogP contribution is 2.40. The van der Waals surface area contributed by atoms with Crippen LogP contribution in [0, 0.1) is 0 Å². The molecule has 0 atom stereocenters. The van der Waals surface area contributed by atoms with Gasteiger partial charge in [-0.05, 0) is 77.9 Å². The van der Waals surface area contributed by atoms with Crippen LogP contribution in [0.5, 0.6) is 0 Å². The Hall–Kier alpha value is -6.06. The summed E-state index contributed by atoms with van der Waals surface area (Å²) in [7, 11) is 0. The number of anilines is 3. The van der Waals surface area contributed by atoms with E-state index in [0.29, 0.717) is 0 Å². The molecule has 9 rings (SSSR count). The molecule has 0 N–H and O–H groups in total. The zero-order valence-corrected chi connectivity index (χ0v) is 24.5. The summed E-state index contributed by atoms with van der Waals surface area (Å²) in [5.41, 5.74) is 11.0. The average molecular weight is 577 g/mol. The fraction of sp³-hybridized carbons (Fsp3) is 0. The lowest BCUT2D eigenvalue weighted by Crippen LogP contribution is -2.10. The molecule has 3 heteroatoms. The summed E-state index contributed by atoms with van der Waals surface area (Å²) in [6.45, 7) is 0. The summed E-state index contributed by atoms with van der Waals surface area (Å²) in [5, 5.41) is 4.74. The molecule has 0 aliphatic rings. The number of benzene rings is 7. The highest BCUT2D eigenvalue weighted by Gasteiger charge is 2.17. The molecule has 3 nitrogen and oxygen atoms in total. The summed E-state index contributed by atoms with van der Waals surface area (Å²) in [6, 6.07) is 60.2. The van der Waals surface area contributed by atoms with Gasteiger partial charge in [-0.2, -0.15) is 0 Å². The van der Waals surface area contributed by atoms with E-state index in [4.69, 9.17) is 4.42 Å². The molecule has 7 aromatic carbocycles. The molecule has 2 aromatic heterocycles. The van der Waals surface area contributed by atoms with Crippen molar-refractivity contribution < 1.29 is 4.42 Å². The molecular weight excluding hydrogens is 548 g/mol. The standard InChI is InChI=1S/C42H28N2O/c1-3-11-29(12-4-1)30-19-21-32(22-20-30)43(31-13-5-2-6-14-31)33-23-25-34(26-24-33)44-39-17-9-7-15-35(39)37-27-38-36-16-8-10-18-41(36)45-42(38)28-40(37)44/h1-28H. The lowest BCUT2D eigenvalue weighted by molar-refractivity contribution is 0.669. The van der Waals surface area contributed by atoms with Crippen molar-refractivity contribution in [2.45, 2.75) is 0 Å². The lowest BCUT2D eigenvalue weighted by Gasteiger charge is -2.26. The van der Waals surface area contributed by atoms with Crippen molar-refractivity contribution in [3.05, 3.63) is 170 Å². The number of hydrogen-bond donors (Lipinski definition) is 0. The molecular formula is C42H28N2O. The first-order valence-corrected chi connectivity index (χ1v) is 15.3. The van der Waals surface area contributed by atoms with Gasteiger partial charge in [0.15, 0.2) is 0 Å². The van der Waals surface area contributed by atoms with Gasteiger partial charge < -0.3 is 13.9 Å². The molecule has 0 spiro atoms. The first-order chi connectivity index (χ1) is 22.3. The van der Waals surface area contributed by atoms with Crippen LogP contribution in [0.2, 0.25) is 0 Å². The predicted octanol–water partition coefficient (Wildman–Crippen LogP) is 11.8. The van der Waals surface area contributed by atoms with E-state index in [0.717, 1.165) is 50.2 Å². The summed E-state index contributed by atoms with van der Waals surface area (Å²) < 4.78 is 8.66. The van der Waals surface area contributed by atoms with E-state index in [1.165, 1.54) is 27.4 Å². The molecule has 2 heterocycles. The Morgan fingerprint density at radius 2 is 0.956 bits per heavy atom. The van der Waals surface area contributed by atoms with Crippen molar-refractivity contribution in [2.75, 3.05) is 4.90 Å². The maximum atomic E-state index is 6.31. The first kappa shape index (κ1) is 25.4. The maximum Gasteiger partial charge on any atom is 0.137 e. The van der Waals surface area contributed by atoms with Crippen LogP contribution in [0.25, 0.3) is 60.6 Å². The molecule has 9 aromatic rings. The van der Waals surface area contributed by atoms with Gasteiger partial charge in [0, 0.05) is 50.4 Å². The van der Waals surface area contributed by atoms with Crippen LogP contribution in [0.1, 0.15) is 0 Å².